The van der Waals surface area contributed by atoms with Crippen molar-refractivity contribution in [3.05, 3.63) is 46.7 Å². The molecule has 0 unspecified atom stereocenters. The summed E-state index contributed by atoms with van der Waals surface area (Å²) in [5, 5.41) is 19.8. The molecule has 0 saturated heterocycles. The Morgan fingerprint density at radius 1 is 1.16 bits per heavy atom. The van der Waals surface area contributed by atoms with Crippen molar-refractivity contribution in [2.45, 2.75) is 58.2 Å². The molecule has 0 bridgehead atoms. The number of carboxylic acid groups (broad SMARTS) is 1. The molecule has 1 aromatic carbocycles. The van der Waals surface area contributed by atoms with Crippen LogP contribution in [0.4, 0.5) is 0 Å². The van der Waals surface area contributed by atoms with Crippen LogP contribution in [0.5, 0.6) is 0 Å². The van der Waals surface area contributed by atoms with E-state index < -0.39 is 24.3 Å². The van der Waals surface area contributed by atoms with Crippen LogP contribution in [0.2, 0.25) is 0 Å². The van der Waals surface area contributed by atoms with Gasteiger partial charge in [0.15, 0.2) is 0 Å². The first-order chi connectivity index (χ1) is 14.8. The van der Waals surface area contributed by atoms with E-state index in [1.54, 1.807) is 0 Å². The molecule has 1 heterocycles. The Balaban J connectivity index is 0.000000220. The maximum Gasteiger partial charge on any atom is 0.322 e. The van der Waals surface area contributed by atoms with Gasteiger partial charge in [0.05, 0.1) is 12.7 Å². The number of nitrogens with zero attached hydrogens (tertiary/aromatic N) is 1. The lowest BCUT2D eigenvalue weighted by Gasteiger charge is -2.23. The first kappa shape index (κ1) is 24.4. The molecule has 3 N–H and O–H groups in total. The molecule has 0 radical (unpaired) electrons. The van der Waals surface area contributed by atoms with Gasteiger partial charge >= 0.3 is 5.97 Å². The normalized spacial score (nSPS) is 17.1. The van der Waals surface area contributed by atoms with E-state index in [1.165, 1.54) is 55.2 Å². The van der Waals surface area contributed by atoms with Gasteiger partial charge in [0.25, 0.3) is 11.8 Å². The molecular formula is C23H32N2O6. The number of hydrogen-bond donors (Lipinski definition) is 3. The molecule has 2 aliphatic rings. The number of likely N-dealkylation sites (N-methyl/N-ethyl adjacent to an activating group) is 1. The number of aryl methyl sites for hydroxylation is 1. The van der Waals surface area contributed by atoms with Gasteiger partial charge < -0.3 is 25.2 Å². The van der Waals surface area contributed by atoms with Gasteiger partial charge in [0.1, 0.15) is 17.9 Å². The Labute approximate surface area is 182 Å². The van der Waals surface area contributed by atoms with E-state index in [0.717, 1.165) is 6.61 Å². The zero-order chi connectivity index (χ0) is 22.8. The molecule has 1 saturated carbocycles. The van der Waals surface area contributed by atoms with Crippen molar-refractivity contribution in [3.8, 4) is 0 Å². The van der Waals surface area contributed by atoms with Gasteiger partial charge in [-0.15, -0.1) is 0 Å². The zero-order valence-corrected chi connectivity index (χ0v) is 18.2. The molecule has 3 rings (SSSR count). The number of ether oxygens (including phenoxy) is 1. The van der Waals surface area contributed by atoms with E-state index in [4.69, 9.17) is 9.84 Å². The van der Waals surface area contributed by atoms with Crippen LogP contribution in [0, 0.1) is 6.92 Å². The summed E-state index contributed by atoms with van der Waals surface area (Å²) in [4.78, 5) is 34.5. The number of hydrogen-bond acceptors (Lipinski definition) is 5. The second kappa shape index (κ2) is 12.1. The van der Waals surface area contributed by atoms with Crippen LogP contribution in [0.1, 0.15) is 49.7 Å². The van der Waals surface area contributed by atoms with Crippen molar-refractivity contribution in [3.63, 3.8) is 0 Å². The third-order valence-corrected chi connectivity index (χ3v) is 5.32. The number of carboxylic acids is 1. The second-order valence-electron chi connectivity index (χ2n) is 7.93. The molecule has 1 aliphatic heterocycles. The first-order valence-corrected chi connectivity index (χ1v) is 10.6. The highest BCUT2D eigenvalue weighted by molar-refractivity contribution is 6.19. The topological polar surface area (TPSA) is 116 Å². The van der Waals surface area contributed by atoms with Crippen molar-refractivity contribution in [1.82, 2.24) is 10.2 Å². The fourth-order valence-corrected chi connectivity index (χ4v) is 3.42. The summed E-state index contributed by atoms with van der Waals surface area (Å²) < 4.78 is 5.91. The van der Waals surface area contributed by atoms with E-state index in [2.05, 4.69) is 31.2 Å². The highest BCUT2D eigenvalue weighted by Gasteiger charge is 2.30. The van der Waals surface area contributed by atoms with Crippen molar-refractivity contribution < 1.29 is 29.3 Å². The van der Waals surface area contributed by atoms with Gasteiger partial charge in [-0.3, -0.25) is 14.4 Å². The molecule has 0 atom stereocenters. The molecule has 0 aromatic heterocycles. The summed E-state index contributed by atoms with van der Waals surface area (Å²) in [5.74, 6) is -2.99. The minimum absolute atomic E-state index is 0.193. The summed E-state index contributed by atoms with van der Waals surface area (Å²) in [5.41, 5.74) is 2.23. The molecule has 1 aliphatic carbocycles. The average Bonchev–Trinajstić information content (AvgIpc) is 2.76. The number of aliphatic hydroxyl groups excluding tert-OH is 1. The number of amides is 2. The van der Waals surface area contributed by atoms with Gasteiger partial charge in [-0.25, -0.2) is 0 Å². The first-order valence-electron chi connectivity index (χ1n) is 10.6. The molecule has 1 fully saturated rings. The standard InChI is InChI=1S/C14H20O.C9H12N2O5/c1-12-7-9-13(10-8-12)11-15-14-5-3-2-4-6-14;1-11-3-2-5(12)7(9(11)16)8(15)10-4-6(13)14/h7-10,14H,2-6,11H2,1H3;12H,2-4H2,1H3,(H,10,15)(H,13,14). The quantitative estimate of drug-likeness (QED) is 0.595. The van der Waals surface area contributed by atoms with Gasteiger partial charge in [0.2, 0.25) is 0 Å². The average molecular weight is 433 g/mol. The number of rotatable bonds is 6. The van der Waals surface area contributed by atoms with Gasteiger partial charge in [-0.1, -0.05) is 49.1 Å². The van der Waals surface area contributed by atoms with E-state index >= 15 is 0 Å². The number of benzene rings is 1. The van der Waals surface area contributed by atoms with Crippen LogP contribution in [0.15, 0.2) is 35.6 Å². The Morgan fingerprint density at radius 3 is 2.42 bits per heavy atom. The van der Waals surface area contributed by atoms with E-state index in [-0.39, 0.29) is 17.8 Å². The fraction of sp³-hybridized carbons (Fsp3) is 0.522. The maximum absolute atomic E-state index is 11.5. The van der Waals surface area contributed by atoms with Crippen molar-refractivity contribution >= 4 is 17.8 Å². The molecule has 8 nitrogen and oxygen atoms in total. The number of carbonyl (C=O) groups excluding carboxylic acids is 2. The molecule has 31 heavy (non-hydrogen) atoms. The van der Waals surface area contributed by atoms with Gasteiger partial charge in [-0.05, 0) is 25.3 Å². The van der Waals surface area contributed by atoms with E-state index in [1.807, 2.05) is 5.32 Å². The van der Waals surface area contributed by atoms with Crippen molar-refractivity contribution in [2.75, 3.05) is 20.1 Å². The minimum Gasteiger partial charge on any atom is -0.511 e. The third-order valence-electron chi connectivity index (χ3n) is 5.32. The predicted molar refractivity (Wildman–Crippen MR) is 115 cm³/mol. The van der Waals surface area contributed by atoms with E-state index in [9.17, 15) is 19.5 Å². The fourth-order valence-electron chi connectivity index (χ4n) is 3.42. The molecule has 8 heteroatoms. The highest BCUT2D eigenvalue weighted by atomic mass is 16.5. The van der Waals surface area contributed by atoms with Crippen LogP contribution in [0.3, 0.4) is 0 Å². The molecule has 1 aromatic rings. The Bertz CT molecular complexity index is 797. The summed E-state index contributed by atoms with van der Waals surface area (Å²) in [6, 6.07) is 8.63. The van der Waals surface area contributed by atoms with Crippen LogP contribution in [-0.4, -0.2) is 59.1 Å². The van der Waals surface area contributed by atoms with Crippen LogP contribution >= 0.6 is 0 Å². The van der Waals surface area contributed by atoms with Crippen LogP contribution in [-0.2, 0) is 25.7 Å². The molecule has 2 amide bonds. The smallest absolute Gasteiger partial charge is 0.322 e. The number of carbonyl (C=O) groups is 3. The largest absolute Gasteiger partial charge is 0.511 e. The van der Waals surface area contributed by atoms with E-state index in [0.29, 0.717) is 12.6 Å². The lowest BCUT2D eigenvalue weighted by molar-refractivity contribution is -0.138. The summed E-state index contributed by atoms with van der Waals surface area (Å²) in [6.07, 6.45) is 7.30. The summed E-state index contributed by atoms with van der Waals surface area (Å²) in [6.45, 7) is 2.64. The second-order valence-corrected chi connectivity index (χ2v) is 7.93. The molecular weight excluding hydrogens is 400 g/mol. The summed E-state index contributed by atoms with van der Waals surface area (Å²) >= 11 is 0. The lowest BCUT2D eigenvalue weighted by atomic mass is 9.98. The summed E-state index contributed by atoms with van der Waals surface area (Å²) in [7, 11) is 1.50. The predicted octanol–water partition coefficient (Wildman–Crippen LogP) is 2.71. The Hall–Kier alpha value is -2.87. The maximum atomic E-state index is 11.5. The van der Waals surface area contributed by atoms with Crippen LogP contribution < -0.4 is 5.32 Å². The lowest BCUT2D eigenvalue weighted by Crippen LogP contribution is -2.41. The monoisotopic (exact) mass is 432 g/mol. The van der Waals surface area contributed by atoms with Gasteiger partial charge in [-0.2, -0.15) is 0 Å². The number of nitrogens with one attached hydrogen (secondary N) is 1. The SMILES string of the molecule is CN1CCC(O)=C(C(=O)NCC(=O)O)C1=O.Cc1ccc(COC2CCCCC2)cc1. The minimum atomic E-state index is -1.22. The van der Waals surface area contributed by atoms with Crippen molar-refractivity contribution in [1.29, 1.82) is 0 Å². The molecule has 0 spiro atoms. The Morgan fingerprint density at radius 2 is 1.81 bits per heavy atom. The van der Waals surface area contributed by atoms with Crippen LogP contribution in [0.25, 0.3) is 0 Å². The zero-order valence-electron chi connectivity index (χ0n) is 18.2. The Kier molecular flexibility index (Phi) is 9.52. The highest BCUT2D eigenvalue weighted by Crippen LogP contribution is 2.21. The van der Waals surface area contributed by atoms with Crippen molar-refractivity contribution in [2.24, 2.45) is 0 Å². The number of aliphatic carboxylic acids is 1. The third kappa shape index (κ3) is 8.05. The molecule has 170 valence electrons. The van der Waals surface area contributed by atoms with Gasteiger partial charge in [0, 0.05) is 20.0 Å². The number of aliphatic hydroxyl groups is 1.